The van der Waals surface area contributed by atoms with Crippen LogP contribution in [0.5, 0.6) is 0 Å². The second-order valence-electron chi connectivity index (χ2n) is 5.14. The Labute approximate surface area is 130 Å². The third kappa shape index (κ3) is 3.33. The Morgan fingerprint density at radius 3 is 2.60 bits per heavy atom. The van der Waals surface area contributed by atoms with Crippen LogP contribution < -0.4 is 5.32 Å². The number of aliphatic carboxylic acids is 1. The van der Waals surface area contributed by atoms with Crippen molar-refractivity contribution >= 4 is 45.1 Å². The van der Waals surface area contributed by atoms with E-state index in [-0.39, 0.29) is 12.3 Å². The Morgan fingerprint density at radius 1 is 1.35 bits per heavy atom. The van der Waals surface area contributed by atoms with Crippen molar-refractivity contribution in [2.24, 2.45) is 5.41 Å². The molecule has 0 aliphatic heterocycles. The smallest absolute Gasteiger partial charge is 0.310 e. The zero-order valence-electron chi connectivity index (χ0n) is 10.8. The number of anilines is 1. The summed E-state index contributed by atoms with van der Waals surface area (Å²) in [4.78, 5) is 23.5. The zero-order chi connectivity index (χ0) is 14.8. The predicted octanol–water partition coefficient (Wildman–Crippen LogP) is 4.08. The van der Waals surface area contributed by atoms with Crippen molar-refractivity contribution in [1.82, 2.24) is 0 Å². The van der Waals surface area contributed by atoms with Gasteiger partial charge in [0, 0.05) is 15.9 Å². The number of amides is 1. The van der Waals surface area contributed by atoms with Crippen molar-refractivity contribution in [3.05, 3.63) is 27.7 Å². The van der Waals surface area contributed by atoms with Crippen LogP contribution in [0.4, 0.5) is 5.69 Å². The molecule has 1 amide bonds. The third-order valence-electron chi connectivity index (χ3n) is 3.72. The molecule has 1 aromatic rings. The van der Waals surface area contributed by atoms with Crippen molar-refractivity contribution in [1.29, 1.82) is 0 Å². The van der Waals surface area contributed by atoms with E-state index in [1.54, 1.807) is 18.2 Å². The first-order chi connectivity index (χ1) is 9.43. The maximum absolute atomic E-state index is 12.1. The molecule has 0 spiro atoms. The van der Waals surface area contributed by atoms with Crippen LogP contribution >= 0.6 is 27.5 Å². The topological polar surface area (TPSA) is 66.4 Å². The predicted molar refractivity (Wildman–Crippen MR) is 80.9 cm³/mol. The van der Waals surface area contributed by atoms with E-state index in [9.17, 15) is 14.7 Å². The van der Waals surface area contributed by atoms with Crippen molar-refractivity contribution in [3.8, 4) is 0 Å². The van der Waals surface area contributed by atoms with Crippen molar-refractivity contribution in [2.75, 3.05) is 5.32 Å². The number of carboxylic acids is 1. The second kappa shape index (κ2) is 6.14. The number of carbonyl (C=O) groups is 2. The number of halogens is 2. The number of benzene rings is 1. The van der Waals surface area contributed by atoms with Crippen LogP contribution in [-0.2, 0) is 9.59 Å². The van der Waals surface area contributed by atoms with Crippen LogP contribution in [0.1, 0.15) is 32.1 Å². The van der Waals surface area contributed by atoms with Gasteiger partial charge in [0.15, 0.2) is 0 Å². The molecule has 2 rings (SSSR count). The summed E-state index contributed by atoms with van der Waals surface area (Å²) in [5, 5.41) is 12.6. The first kappa shape index (κ1) is 15.3. The lowest BCUT2D eigenvalue weighted by atomic mass is 9.82. The number of hydrogen-bond acceptors (Lipinski definition) is 2. The molecule has 2 N–H and O–H groups in total. The lowest BCUT2D eigenvalue weighted by Gasteiger charge is -2.23. The first-order valence-corrected chi connectivity index (χ1v) is 7.58. The number of rotatable bonds is 4. The van der Waals surface area contributed by atoms with E-state index < -0.39 is 11.4 Å². The fourth-order valence-corrected chi connectivity index (χ4v) is 3.13. The summed E-state index contributed by atoms with van der Waals surface area (Å²) >= 11 is 9.21. The minimum Gasteiger partial charge on any atom is -0.481 e. The molecule has 108 valence electrons. The molecular formula is C14H15BrClNO3. The van der Waals surface area contributed by atoms with E-state index in [2.05, 4.69) is 21.2 Å². The Bertz CT molecular complexity index is 541. The van der Waals surface area contributed by atoms with Crippen LogP contribution in [0, 0.1) is 5.41 Å². The number of carbonyl (C=O) groups excluding carboxylic acids is 1. The van der Waals surface area contributed by atoms with Crippen LogP contribution in [0.25, 0.3) is 0 Å². The fraction of sp³-hybridized carbons (Fsp3) is 0.429. The molecule has 0 aromatic heterocycles. The summed E-state index contributed by atoms with van der Waals surface area (Å²) in [6.45, 7) is 0. The zero-order valence-corrected chi connectivity index (χ0v) is 13.1. The molecule has 20 heavy (non-hydrogen) atoms. The molecule has 1 saturated carbocycles. The number of hydrogen-bond donors (Lipinski definition) is 2. The van der Waals surface area contributed by atoms with Gasteiger partial charge in [0.25, 0.3) is 0 Å². The highest BCUT2D eigenvalue weighted by Crippen LogP contribution is 2.41. The van der Waals surface area contributed by atoms with Gasteiger partial charge in [-0.3, -0.25) is 9.59 Å². The normalized spacial score (nSPS) is 16.9. The van der Waals surface area contributed by atoms with Crippen LogP contribution in [0.2, 0.25) is 5.02 Å². The van der Waals surface area contributed by atoms with E-state index in [4.69, 9.17) is 11.6 Å². The van der Waals surface area contributed by atoms with Gasteiger partial charge < -0.3 is 10.4 Å². The average molecular weight is 361 g/mol. The maximum Gasteiger partial charge on any atom is 0.310 e. The highest BCUT2D eigenvalue weighted by atomic mass is 79.9. The molecule has 1 fully saturated rings. The van der Waals surface area contributed by atoms with Gasteiger partial charge in [-0.15, -0.1) is 0 Å². The molecular weight excluding hydrogens is 346 g/mol. The Balaban J connectivity index is 2.08. The second-order valence-corrected chi connectivity index (χ2v) is 6.43. The van der Waals surface area contributed by atoms with Gasteiger partial charge in [0.2, 0.25) is 5.91 Å². The molecule has 0 bridgehead atoms. The van der Waals surface area contributed by atoms with E-state index in [0.717, 1.165) is 12.8 Å². The van der Waals surface area contributed by atoms with Crippen molar-refractivity contribution in [2.45, 2.75) is 32.1 Å². The van der Waals surface area contributed by atoms with Crippen LogP contribution in [0.3, 0.4) is 0 Å². The Hall–Kier alpha value is -1.07. The van der Waals surface area contributed by atoms with E-state index in [0.29, 0.717) is 28.0 Å². The Morgan fingerprint density at radius 2 is 2.00 bits per heavy atom. The van der Waals surface area contributed by atoms with Gasteiger partial charge in [-0.25, -0.2) is 0 Å². The summed E-state index contributed by atoms with van der Waals surface area (Å²) < 4.78 is 0.714. The molecule has 4 nitrogen and oxygen atoms in total. The molecule has 0 unspecified atom stereocenters. The van der Waals surface area contributed by atoms with E-state index in [1.165, 1.54) is 0 Å². The quantitative estimate of drug-likeness (QED) is 0.850. The minimum atomic E-state index is -0.908. The summed E-state index contributed by atoms with van der Waals surface area (Å²) in [5.74, 6) is -1.17. The molecule has 0 radical (unpaired) electrons. The lowest BCUT2D eigenvalue weighted by molar-refractivity contribution is -0.150. The molecule has 1 aliphatic carbocycles. The van der Waals surface area contributed by atoms with Gasteiger partial charge in [-0.2, -0.15) is 0 Å². The molecule has 1 aromatic carbocycles. The number of carboxylic acid groups (broad SMARTS) is 1. The molecule has 0 atom stereocenters. The molecule has 6 heteroatoms. The minimum absolute atomic E-state index is 0.00128. The number of nitrogens with one attached hydrogen (secondary N) is 1. The van der Waals surface area contributed by atoms with Crippen LogP contribution in [0.15, 0.2) is 22.7 Å². The fourth-order valence-electron chi connectivity index (χ4n) is 2.61. The third-order valence-corrected chi connectivity index (χ3v) is 4.64. The largest absolute Gasteiger partial charge is 0.481 e. The summed E-state index contributed by atoms with van der Waals surface area (Å²) in [6.07, 6.45) is 2.85. The summed E-state index contributed by atoms with van der Waals surface area (Å²) in [5.41, 5.74) is -0.351. The van der Waals surface area contributed by atoms with Gasteiger partial charge in [-0.05, 0) is 47.0 Å². The van der Waals surface area contributed by atoms with Crippen molar-refractivity contribution in [3.63, 3.8) is 0 Å². The van der Waals surface area contributed by atoms with Gasteiger partial charge in [-0.1, -0.05) is 24.4 Å². The van der Waals surface area contributed by atoms with E-state index in [1.807, 2.05) is 0 Å². The van der Waals surface area contributed by atoms with Crippen molar-refractivity contribution < 1.29 is 14.7 Å². The summed E-state index contributed by atoms with van der Waals surface area (Å²) in [7, 11) is 0. The Kier molecular flexibility index (Phi) is 4.70. The first-order valence-electron chi connectivity index (χ1n) is 6.41. The SMILES string of the molecule is O=C(CC1(C(=O)O)CCCC1)Nc1cc(Cl)ccc1Br. The molecule has 1 aliphatic rings. The monoisotopic (exact) mass is 359 g/mol. The molecule has 0 saturated heterocycles. The summed E-state index contributed by atoms with van der Waals surface area (Å²) in [6, 6.07) is 5.07. The molecule has 0 heterocycles. The van der Waals surface area contributed by atoms with Gasteiger partial charge in [0.05, 0.1) is 11.1 Å². The van der Waals surface area contributed by atoms with E-state index >= 15 is 0 Å². The highest BCUT2D eigenvalue weighted by Gasteiger charge is 2.42. The van der Waals surface area contributed by atoms with Crippen LogP contribution in [-0.4, -0.2) is 17.0 Å². The van der Waals surface area contributed by atoms with Gasteiger partial charge >= 0.3 is 5.97 Å². The highest BCUT2D eigenvalue weighted by molar-refractivity contribution is 9.10. The lowest BCUT2D eigenvalue weighted by Crippen LogP contribution is -2.32. The standard InChI is InChI=1S/C14H15BrClNO3/c15-10-4-3-9(16)7-11(10)17-12(18)8-14(13(19)20)5-1-2-6-14/h3-4,7H,1-2,5-6,8H2,(H,17,18)(H,19,20). The van der Waals surface area contributed by atoms with Gasteiger partial charge in [0.1, 0.15) is 0 Å². The maximum atomic E-state index is 12.1. The average Bonchev–Trinajstić information content (AvgIpc) is 2.83.